The number of piperidine rings is 1. The topological polar surface area (TPSA) is 58.1 Å². The zero-order valence-electron chi connectivity index (χ0n) is 14.6. The third-order valence-corrected chi connectivity index (χ3v) is 5.56. The summed E-state index contributed by atoms with van der Waals surface area (Å²) in [4.78, 5) is 18.4. The van der Waals surface area contributed by atoms with Crippen molar-refractivity contribution in [1.29, 1.82) is 0 Å². The second-order valence-electron chi connectivity index (χ2n) is 6.59. The van der Waals surface area contributed by atoms with Crippen molar-refractivity contribution in [2.45, 2.75) is 31.6 Å². The summed E-state index contributed by atoms with van der Waals surface area (Å²) in [5.74, 6) is 0.892. The molecular formula is C18H22ClFN4OS. The Morgan fingerprint density at radius 2 is 2.08 bits per heavy atom. The molecule has 1 aliphatic rings. The lowest BCUT2D eigenvalue weighted by atomic mass is 9.97. The van der Waals surface area contributed by atoms with Crippen LogP contribution < -0.4 is 10.2 Å². The lowest BCUT2D eigenvalue weighted by Crippen LogP contribution is -2.40. The highest BCUT2D eigenvalue weighted by Crippen LogP contribution is 2.25. The summed E-state index contributed by atoms with van der Waals surface area (Å²) in [5, 5.41) is 3.34. The van der Waals surface area contributed by atoms with Crippen molar-refractivity contribution in [3.05, 3.63) is 41.5 Å². The summed E-state index contributed by atoms with van der Waals surface area (Å²) in [7, 11) is 0. The Morgan fingerprint density at radius 1 is 1.38 bits per heavy atom. The van der Waals surface area contributed by atoms with Gasteiger partial charge in [-0.2, -0.15) is 4.37 Å². The van der Waals surface area contributed by atoms with E-state index in [0.717, 1.165) is 42.5 Å². The van der Waals surface area contributed by atoms with Crippen LogP contribution in [-0.2, 0) is 11.2 Å². The second-order valence-corrected chi connectivity index (χ2v) is 7.97. The van der Waals surface area contributed by atoms with Gasteiger partial charge in [0.2, 0.25) is 11.0 Å². The van der Waals surface area contributed by atoms with E-state index in [2.05, 4.69) is 19.6 Å². The van der Waals surface area contributed by atoms with E-state index in [4.69, 9.17) is 11.6 Å². The molecular weight excluding hydrogens is 375 g/mol. The van der Waals surface area contributed by atoms with Crippen LogP contribution in [0.5, 0.6) is 0 Å². The number of hydrogen-bond donors (Lipinski definition) is 1. The van der Waals surface area contributed by atoms with Gasteiger partial charge in [-0.25, -0.2) is 9.37 Å². The van der Waals surface area contributed by atoms with Gasteiger partial charge in [-0.3, -0.25) is 4.79 Å². The molecule has 0 spiro atoms. The Labute approximate surface area is 161 Å². The van der Waals surface area contributed by atoms with E-state index in [-0.39, 0.29) is 11.7 Å². The summed E-state index contributed by atoms with van der Waals surface area (Å²) in [6.07, 6.45) is 2.61. The maximum atomic E-state index is 13.0. The van der Waals surface area contributed by atoms with Gasteiger partial charge in [0.15, 0.2) is 0 Å². The zero-order valence-corrected chi connectivity index (χ0v) is 16.2. The van der Waals surface area contributed by atoms with Crippen LogP contribution in [0.2, 0.25) is 0 Å². The van der Waals surface area contributed by atoms with E-state index in [1.165, 1.54) is 23.7 Å². The number of anilines is 1. The predicted octanol–water partition coefficient (Wildman–Crippen LogP) is 3.23. The molecule has 3 rings (SSSR count). The average Bonchev–Trinajstić information content (AvgIpc) is 3.10. The quantitative estimate of drug-likeness (QED) is 0.761. The first-order valence-corrected chi connectivity index (χ1v) is 9.96. The van der Waals surface area contributed by atoms with Gasteiger partial charge in [0, 0.05) is 37.6 Å². The monoisotopic (exact) mass is 396 g/mol. The SMILES string of the molecule is C[C@H](Cl)C(=O)NCC1CCN(c2nc(Cc3ccc(F)cc3)ns2)CC1. The molecule has 0 unspecified atom stereocenters. The van der Waals surface area contributed by atoms with Gasteiger partial charge < -0.3 is 10.2 Å². The molecule has 0 saturated carbocycles. The van der Waals surface area contributed by atoms with Crippen molar-refractivity contribution in [2.75, 3.05) is 24.5 Å². The zero-order chi connectivity index (χ0) is 18.5. The number of hydrogen-bond acceptors (Lipinski definition) is 5. The van der Waals surface area contributed by atoms with Crippen LogP contribution in [0.15, 0.2) is 24.3 Å². The Kier molecular flexibility index (Phi) is 6.43. The molecule has 2 heterocycles. The molecule has 0 radical (unpaired) electrons. The molecule has 1 atom stereocenters. The minimum atomic E-state index is -0.490. The van der Waals surface area contributed by atoms with Crippen LogP contribution >= 0.6 is 23.1 Å². The minimum absolute atomic E-state index is 0.108. The molecule has 0 aliphatic carbocycles. The van der Waals surface area contributed by atoms with E-state index in [9.17, 15) is 9.18 Å². The minimum Gasteiger partial charge on any atom is -0.355 e. The number of alkyl halides is 1. The Balaban J connectivity index is 1.48. The Morgan fingerprint density at radius 3 is 2.73 bits per heavy atom. The number of nitrogens with zero attached hydrogens (tertiary/aromatic N) is 3. The second kappa shape index (κ2) is 8.77. The highest BCUT2D eigenvalue weighted by Gasteiger charge is 2.22. The number of nitrogens with one attached hydrogen (secondary N) is 1. The predicted molar refractivity (Wildman–Crippen MR) is 102 cm³/mol. The van der Waals surface area contributed by atoms with Crippen molar-refractivity contribution in [2.24, 2.45) is 5.92 Å². The van der Waals surface area contributed by atoms with Crippen LogP contribution in [-0.4, -0.2) is 40.3 Å². The maximum absolute atomic E-state index is 13.0. The van der Waals surface area contributed by atoms with Gasteiger partial charge in [0.05, 0.1) is 0 Å². The fourth-order valence-corrected chi connectivity index (χ4v) is 3.76. The van der Waals surface area contributed by atoms with E-state index in [1.807, 2.05) is 0 Å². The average molecular weight is 397 g/mol. The van der Waals surface area contributed by atoms with Crippen LogP contribution in [0.25, 0.3) is 0 Å². The van der Waals surface area contributed by atoms with Crippen LogP contribution in [0.4, 0.5) is 9.52 Å². The van der Waals surface area contributed by atoms with E-state index in [0.29, 0.717) is 18.9 Å². The first-order valence-electron chi connectivity index (χ1n) is 8.75. The molecule has 1 N–H and O–H groups in total. The lowest BCUT2D eigenvalue weighted by Gasteiger charge is -2.31. The van der Waals surface area contributed by atoms with Crippen molar-refractivity contribution < 1.29 is 9.18 Å². The third kappa shape index (κ3) is 5.14. The first-order chi connectivity index (χ1) is 12.5. The van der Waals surface area contributed by atoms with Gasteiger partial charge >= 0.3 is 0 Å². The number of amides is 1. The summed E-state index contributed by atoms with van der Waals surface area (Å²) in [6, 6.07) is 6.43. The van der Waals surface area contributed by atoms with Gasteiger partial charge in [-0.1, -0.05) is 12.1 Å². The smallest absolute Gasteiger partial charge is 0.237 e. The largest absolute Gasteiger partial charge is 0.355 e. The van der Waals surface area contributed by atoms with Crippen molar-refractivity contribution >= 4 is 34.2 Å². The van der Waals surface area contributed by atoms with Crippen molar-refractivity contribution in [1.82, 2.24) is 14.7 Å². The molecule has 1 saturated heterocycles. The lowest BCUT2D eigenvalue weighted by molar-refractivity contribution is -0.120. The number of carbonyl (C=O) groups excluding carboxylic acids is 1. The van der Waals surface area contributed by atoms with Gasteiger partial charge in [-0.05, 0) is 43.4 Å². The standard InChI is InChI=1S/C18H22ClFN4OS/c1-12(19)17(25)21-11-14-6-8-24(9-7-14)18-22-16(23-26-18)10-13-2-4-15(20)5-3-13/h2-5,12,14H,6-11H2,1H3,(H,21,25)/t12-/m0/s1. The van der Waals surface area contributed by atoms with Crippen LogP contribution in [0, 0.1) is 11.7 Å². The first kappa shape index (κ1) is 19.0. The molecule has 0 bridgehead atoms. The van der Waals surface area contributed by atoms with Gasteiger partial charge in [-0.15, -0.1) is 11.6 Å². The number of aromatic nitrogens is 2. The summed E-state index contributed by atoms with van der Waals surface area (Å²) >= 11 is 7.17. The molecule has 1 aliphatic heterocycles. The normalized spacial score (nSPS) is 16.5. The van der Waals surface area contributed by atoms with E-state index >= 15 is 0 Å². The molecule has 5 nitrogen and oxygen atoms in total. The number of halogens is 2. The fraction of sp³-hybridized carbons (Fsp3) is 0.500. The molecule has 1 aromatic heterocycles. The van der Waals surface area contributed by atoms with Crippen LogP contribution in [0.1, 0.15) is 31.2 Å². The molecule has 140 valence electrons. The highest BCUT2D eigenvalue weighted by molar-refractivity contribution is 7.09. The van der Waals surface area contributed by atoms with Crippen LogP contribution in [0.3, 0.4) is 0 Å². The van der Waals surface area contributed by atoms with E-state index < -0.39 is 5.38 Å². The van der Waals surface area contributed by atoms with Gasteiger partial charge in [0.25, 0.3) is 0 Å². The number of benzene rings is 1. The molecule has 1 aromatic carbocycles. The fourth-order valence-electron chi connectivity index (χ4n) is 2.94. The molecule has 8 heteroatoms. The van der Waals surface area contributed by atoms with Gasteiger partial charge in [0.1, 0.15) is 17.0 Å². The molecule has 1 fully saturated rings. The van der Waals surface area contributed by atoms with E-state index in [1.54, 1.807) is 19.1 Å². The number of carbonyl (C=O) groups is 1. The van der Waals surface area contributed by atoms with Crippen molar-refractivity contribution in [3.63, 3.8) is 0 Å². The number of rotatable bonds is 6. The molecule has 1 amide bonds. The Bertz CT molecular complexity index is 729. The summed E-state index contributed by atoms with van der Waals surface area (Å²) in [6.45, 7) is 4.17. The summed E-state index contributed by atoms with van der Waals surface area (Å²) < 4.78 is 17.4. The molecule has 2 aromatic rings. The third-order valence-electron chi connectivity index (χ3n) is 4.54. The highest BCUT2D eigenvalue weighted by atomic mass is 35.5. The molecule has 26 heavy (non-hydrogen) atoms. The summed E-state index contributed by atoms with van der Waals surface area (Å²) in [5.41, 5.74) is 0.999. The maximum Gasteiger partial charge on any atom is 0.237 e. The Hall–Kier alpha value is -1.73. The van der Waals surface area contributed by atoms with Crippen molar-refractivity contribution in [3.8, 4) is 0 Å².